The van der Waals surface area contributed by atoms with Gasteiger partial charge >= 0.3 is 0 Å². The van der Waals surface area contributed by atoms with E-state index in [2.05, 4.69) is 5.32 Å². The third-order valence-electron chi connectivity index (χ3n) is 4.46. The van der Waals surface area contributed by atoms with Crippen molar-refractivity contribution in [1.29, 1.82) is 0 Å². The molecule has 1 aliphatic rings. The third-order valence-corrected chi connectivity index (χ3v) is 4.69. The predicted molar refractivity (Wildman–Crippen MR) is 102 cm³/mol. The van der Waals surface area contributed by atoms with Crippen LogP contribution < -0.4 is 10.1 Å². The SMILES string of the molecule is COc1ccccc1C(=O)Nc1cc(Cl)ccc1C(=O)N1CCCCC1. The van der Waals surface area contributed by atoms with Crippen LogP contribution in [0, 0.1) is 0 Å². The predicted octanol–water partition coefficient (Wildman–Crippen LogP) is 4.23. The molecule has 1 fully saturated rings. The molecule has 0 spiro atoms. The molecule has 2 amide bonds. The molecule has 2 aromatic carbocycles. The van der Waals surface area contributed by atoms with Crippen molar-refractivity contribution >= 4 is 29.1 Å². The number of piperidine rings is 1. The molecule has 1 saturated heterocycles. The van der Waals surface area contributed by atoms with Gasteiger partial charge in [0.2, 0.25) is 0 Å². The van der Waals surface area contributed by atoms with Gasteiger partial charge in [-0.1, -0.05) is 23.7 Å². The Kier molecular flexibility index (Phi) is 5.78. The minimum Gasteiger partial charge on any atom is -0.496 e. The lowest BCUT2D eigenvalue weighted by Gasteiger charge is -2.27. The Bertz CT molecular complexity index is 816. The normalized spacial score (nSPS) is 14.0. The maximum atomic E-state index is 12.9. The lowest BCUT2D eigenvalue weighted by Crippen LogP contribution is -2.36. The van der Waals surface area contributed by atoms with E-state index in [1.54, 1.807) is 42.5 Å². The van der Waals surface area contributed by atoms with E-state index in [1.807, 2.05) is 4.90 Å². The largest absolute Gasteiger partial charge is 0.496 e. The molecule has 2 aromatic rings. The molecule has 26 heavy (non-hydrogen) atoms. The van der Waals surface area contributed by atoms with Gasteiger partial charge in [-0.2, -0.15) is 0 Å². The maximum absolute atomic E-state index is 12.9. The number of carbonyl (C=O) groups is 2. The van der Waals surface area contributed by atoms with Crippen LogP contribution in [0.1, 0.15) is 40.0 Å². The van der Waals surface area contributed by atoms with Crippen molar-refractivity contribution in [3.05, 3.63) is 58.6 Å². The number of para-hydroxylation sites is 1. The molecular weight excluding hydrogens is 352 g/mol. The fraction of sp³-hybridized carbons (Fsp3) is 0.300. The number of amides is 2. The van der Waals surface area contributed by atoms with Crippen molar-refractivity contribution in [1.82, 2.24) is 4.90 Å². The summed E-state index contributed by atoms with van der Waals surface area (Å²) in [6.45, 7) is 1.47. The summed E-state index contributed by atoms with van der Waals surface area (Å²) < 4.78 is 5.24. The lowest BCUT2D eigenvalue weighted by atomic mass is 10.1. The van der Waals surface area contributed by atoms with E-state index in [-0.39, 0.29) is 11.8 Å². The van der Waals surface area contributed by atoms with E-state index in [1.165, 1.54) is 7.11 Å². The Morgan fingerprint density at radius 3 is 2.50 bits per heavy atom. The molecule has 1 aliphatic heterocycles. The summed E-state index contributed by atoms with van der Waals surface area (Å²) >= 11 is 6.09. The minimum absolute atomic E-state index is 0.0864. The first-order chi connectivity index (χ1) is 12.6. The smallest absolute Gasteiger partial charge is 0.259 e. The second kappa shape index (κ2) is 8.23. The number of likely N-dealkylation sites (tertiary alicyclic amines) is 1. The Hall–Kier alpha value is -2.53. The Labute approximate surface area is 157 Å². The molecule has 1 heterocycles. The summed E-state index contributed by atoms with van der Waals surface area (Å²) in [6.07, 6.45) is 3.15. The topological polar surface area (TPSA) is 58.6 Å². The van der Waals surface area contributed by atoms with Crippen LogP contribution in [0.3, 0.4) is 0 Å². The summed E-state index contributed by atoms with van der Waals surface area (Å²) in [5.74, 6) is 0.0324. The van der Waals surface area contributed by atoms with Crippen LogP contribution in [0.25, 0.3) is 0 Å². The highest BCUT2D eigenvalue weighted by Gasteiger charge is 2.22. The quantitative estimate of drug-likeness (QED) is 0.873. The third kappa shape index (κ3) is 3.99. The molecular formula is C20H21ClN2O3. The van der Waals surface area contributed by atoms with Crippen LogP contribution in [0.4, 0.5) is 5.69 Å². The Balaban J connectivity index is 1.88. The van der Waals surface area contributed by atoms with E-state index in [0.717, 1.165) is 32.4 Å². The van der Waals surface area contributed by atoms with Crippen LogP contribution in [0.2, 0.25) is 5.02 Å². The summed E-state index contributed by atoms with van der Waals surface area (Å²) in [5, 5.41) is 3.27. The van der Waals surface area contributed by atoms with Gasteiger partial charge < -0.3 is 15.0 Å². The highest BCUT2D eigenvalue weighted by Crippen LogP contribution is 2.26. The first-order valence-corrected chi connectivity index (χ1v) is 9.01. The molecule has 1 N–H and O–H groups in total. The van der Waals surface area contributed by atoms with Crippen LogP contribution in [-0.4, -0.2) is 36.9 Å². The Morgan fingerprint density at radius 2 is 1.77 bits per heavy atom. The van der Waals surface area contributed by atoms with Gasteiger partial charge in [0, 0.05) is 18.1 Å². The van der Waals surface area contributed by atoms with Crippen LogP contribution in [0.15, 0.2) is 42.5 Å². The number of anilines is 1. The highest BCUT2D eigenvalue weighted by molar-refractivity contribution is 6.31. The van der Waals surface area contributed by atoms with Crippen molar-refractivity contribution in [3.8, 4) is 5.75 Å². The van der Waals surface area contributed by atoms with Gasteiger partial charge in [0.05, 0.1) is 23.9 Å². The number of hydrogen-bond acceptors (Lipinski definition) is 3. The summed E-state index contributed by atoms with van der Waals surface area (Å²) in [7, 11) is 1.51. The number of halogens is 1. The lowest BCUT2D eigenvalue weighted by molar-refractivity contribution is 0.0725. The van der Waals surface area contributed by atoms with E-state index in [9.17, 15) is 9.59 Å². The number of nitrogens with one attached hydrogen (secondary N) is 1. The fourth-order valence-electron chi connectivity index (χ4n) is 3.10. The fourth-order valence-corrected chi connectivity index (χ4v) is 3.27. The van der Waals surface area contributed by atoms with Gasteiger partial charge in [-0.05, 0) is 49.6 Å². The molecule has 5 nitrogen and oxygen atoms in total. The minimum atomic E-state index is -0.350. The zero-order valence-corrected chi connectivity index (χ0v) is 15.4. The van der Waals surface area contributed by atoms with Crippen LogP contribution >= 0.6 is 11.6 Å². The van der Waals surface area contributed by atoms with Gasteiger partial charge in [-0.3, -0.25) is 9.59 Å². The standard InChI is InChI=1S/C20H21ClN2O3/c1-26-18-8-4-3-7-16(18)19(24)22-17-13-14(21)9-10-15(17)20(25)23-11-5-2-6-12-23/h3-4,7-10,13H,2,5-6,11-12H2,1H3,(H,22,24). The average Bonchev–Trinajstić information content (AvgIpc) is 2.68. The van der Waals surface area contributed by atoms with Crippen molar-refractivity contribution in [2.24, 2.45) is 0 Å². The number of rotatable bonds is 4. The highest BCUT2D eigenvalue weighted by atomic mass is 35.5. The number of methoxy groups -OCH3 is 1. The van der Waals surface area contributed by atoms with Gasteiger partial charge in [0.1, 0.15) is 5.75 Å². The first kappa shape index (κ1) is 18.3. The molecule has 0 unspecified atom stereocenters. The van der Waals surface area contributed by atoms with Gasteiger partial charge in [0.15, 0.2) is 0 Å². The molecule has 6 heteroatoms. The zero-order valence-electron chi connectivity index (χ0n) is 14.6. The van der Waals surface area contributed by atoms with E-state index < -0.39 is 0 Å². The second-order valence-corrected chi connectivity index (χ2v) is 6.63. The van der Waals surface area contributed by atoms with Gasteiger partial charge in [-0.15, -0.1) is 0 Å². The first-order valence-electron chi connectivity index (χ1n) is 8.63. The molecule has 0 aromatic heterocycles. The molecule has 0 bridgehead atoms. The van der Waals surface area contributed by atoms with Gasteiger partial charge in [0.25, 0.3) is 11.8 Å². The molecule has 0 aliphatic carbocycles. The zero-order chi connectivity index (χ0) is 18.5. The number of carbonyl (C=O) groups excluding carboxylic acids is 2. The number of hydrogen-bond donors (Lipinski definition) is 1. The van der Waals surface area contributed by atoms with E-state index in [0.29, 0.717) is 27.6 Å². The van der Waals surface area contributed by atoms with E-state index >= 15 is 0 Å². The molecule has 0 saturated carbocycles. The Morgan fingerprint density at radius 1 is 1.04 bits per heavy atom. The summed E-state index contributed by atoms with van der Waals surface area (Å²) in [5.41, 5.74) is 1.25. The summed E-state index contributed by atoms with van der Waals surface area (Å²) in [6, 6.07) is 11.9. The maximum Gasteiger partial charge on any atom is 0.259 e. The summed E-state index contributed by atoms with van der Waals surface area (Å²) in [4.78, 5) is 27.4. The van der Waals surface area contributed by atoms with Crippen LogP contribution in [-0.2, 0) is 0 Å². The molecule has 3 rings (SSSR count). The number of nitrogens with zero attached hydrogens (tertiary/aromatic N) is 1. The van der Waals surface area contributed by atoms with Crippen LogP contribution in [0.5, 0.6) is 5.75 Å². The number of ether oxygens (including phenoxy) is 1. The molecule has 0 radical (unpaired) electrons. The van der Waals surface area contributed by atoms with Crippen molar-refractivity contribution in [3.63, 3.8) is 0 Å². The van der Waals surface area contributed by atoms with Gasteiger partial charge in [-0.25, -0.2) is 0 Å². The van der Waals surface area contributed by atoms with Crippen molar-refractivity contribution in [2.45, 2.75) is 19.3 Å². The second-order valence-electron chi connectivity index (χ2n) is 6.20. The molecule has 136 valence electrons. The number of benzene rings is 2. The monoisotopic (exact) mass is 372 g/mol. The van der Waals surface area contributed by atoms with Crippen molar-refractivity contribution < 1.29 is 14.3 Å². The van der Waals surface area contributed by atoms with E-state index in [4.69, 9.17) is 16.3 Å². The van der Waals surface area contributed by atoms with Crippen molar-refractivity contribution in [2.75, 3.05) is 25.5 Å². The molecule has 0 atom stereocenters. The average molecular weight is 373 g/mol.